The van der Waals surface area contributed by atoms with Crippen molar-refractivity contribution < 1.29 is 9.53 Å². The number of benzene rings is 2. The van der Waals surface area contributed by atoms with Crippen LogP contribution in [0.1, 0.15) is 18.3 Å². The van der Waals surface area contributed by atoms with Crippen molar-refractivity contribution >= 4 is 16.9 Å². The zero-order valence-electron chi connectivity index (χ0n) is 15.9. The number of rotatable bonds is 8. The van der Waals surface area contributed by atoms with Gasteiger partial charge in [-0.2, -0.15) is 0 Å². The number of nitrogens with zero attached hydrogens (tertiary/aromatic N) is 2. The average molecular weight is 363 g/mol. The minimum absolute atomic E-state index is 0.125. The molecule has 0 bridgehead atoms. The first-order valence-corrected chi connectivity index (χ1v) is 9.12. The number of fused-ring (bicyclic) bond motifs is 1. The van der Waals surface area contributed by atoms with Gasteiger partial charge >= 0.3 is 0 Å². The van der Waals surface area contributed by atoms with Crippen LogP contribution < -0.4 is 10.1 Å². The molecule has 0 unspecified atom stereocenters. The Labute approximate surface area is 159 Å². The maximum absolute atomic E-state index is 11.7. The summed E-state index contributed by atoms with van der Waals surface area (Å²) in [6.45, 7) is 9.18. The number of para-hydroxylation sites is 2. The number of ether oxygens (including phenoxy) is 1. The first-order chi connectivity index (χ1) is 13.0. The van der Waals surface area contributed by atoms with Crippen LogP contribution in [0.15, 0.2) is 60.7 Å². The van der Waals surface area contributed by atoms with Crippen LogP contribution >= 0.6 is 0 Å². The third kappa shape index (κ3) is 4.76. The van der Waals surface area contributed by atoms with Gasteiger partial charge in [-0.3, -0.25) is 4.79 Å². The molecule has 0 aliphatic carbocycles. The van der Waals surface area contributed by atoms with Gasteiger partial charge in [0.15, 0.2) is 0 Å². The van der Waals surface area contributed by atoms with E-state index in [0.29, 0.717) is 31.7 Å². The van der Waals surface area contributed by atoms with E-state index < -0.39 is 0 Å². The highest BCUT2D eigenvalue weighted by Gasteiger charge is 2.11. The summed E-state index contributed by atoms with van der Waals surface area (Å²) in [6.07, 6.45) is 0.651. The number of aryl methyl sites for hydroxylation is 1. The van der Waals surface area contributed by atoms with Gasteiger partial charge in [0.05, 0.1) is 17.6 Å². The molecule has 27 heavy (non-hydrogen) atoms. The smallest absolute Gasteiger partial charge is 0.246 e. The quantitative estimate of drug-likeness (QED) is 0.622. The van der Waals surface area contributed by atoms with Crippen molar-refractivity contribution in [1.29, 1.82) is 0 Å². The zero-order valence-corrected chi connectivity index (χ0v) is 15.9. The molecule has 5 heteroatoms. The Morgan fingerprint density at radius 3 is 2.67 bits per heavy atom. The molecular formula is C22H25N3O2. The van der Waals surface area contributed by atoms with E-state index in [9.17, 15) is 4.79 Å². The maximum Gasteiger partial charge on any atom is 0.246 e. The van der Waals surface area contributed by atoms with Crippen LogP contribution in [0.5, 0.6) is 5.75 Å². The molecule has 3 rings (SSSR count). The number of hydrogen-bond donors (Lipinski definition) is 1. The van der Waals surface area contributed by atoms with Gasteiger partial charge in [0.1, 0.15) is 18.2 Å². The predicted molar refractivity (Wildman–Crippen MR) is 108 cm³/mol. The molecule has 0 aliphatic heterocycles. The Kier molecular flexibility index (Phi) is 5.91. The number of aromatic nitrogens is 2. The SMILES string of the molecule is C=C(C)C(=O)NCCc1nc2ccccc2n1CCOc1ccc(C)cc1. The highest BCUT2D eigenvalue weighted by atomic mass is 16.5. The summed E-state index contributed by atoms with van der Waals surface area (Å²) in [4.78, 5) is 16.4. The number of nitrogens with one attached hydrogen (secondary N) is 1. The molecule has 0 aliphatic rings. The molecule has 1 aromatic heterocycles. The fourth-order valence-corrected chi connectivity index (χ4v) is 2.89. The molecule has 1 amide bonds. The Bertz CT molecular complexity index is 942. The van der Waals surface area contributed by atoms with Crippen LogP contribution in [0, 0.1) is 6.92 Å². The van der Waals surface area contributed by atoms with E-state index in [0.717, 1.165) is 22.6 Å². The Morgan fingerprint density at radius 1 is 1.19 bits per heavy atom. The molecular weight excluding hydrogens is 338 g/mol. The summed E-state index contributed by atoms with van der Waals surface area (Å²) in [7, 11) is 0. The molecule has 5 nitrogen and oxygen atoms in total. The second-order valence-corrected chi connectivity index (χ2v) is 6.62. The van der Waals surface area contributed by atoms with E-state index in [-0.39, 0.29) is 5.91 Å². The number of hydrogen-bond acceptors (Lipinski definition) is 3. The van der Waals surface area contributed by atoms with Gasteiger partial charge in [-0.15, -0.1) is 0 Å². The number of amides is 1. The highest BCUT2D eigenvalue weighted by molar-refractivity contribution is 5.92. The lowest BCUT2D eigenvalue weighted by atomic mass is 10.2. The van der Waals surface area contributed by atoms with Gasteiger partial charge in [0.25, 0.3) is 0 Å². The molecule has 0 fully saturated rings. The molecule has 1 heterocycles. The lowest BCUT2D eigenvalue weighted by Crippen LogP contribution is -2.27. The summed E-state index contributed by atoms with van der Waals surface area (Å²) in [5.41, 5.74) is 3.75. The summed E-state index contributed by atoms with van der Waals surface area (Å²) >= 11 is 0. The van der Waals surface area contributed by atoms with Crippen molar-refractivity contribution in [2.75, 3.05) is 13.2 Å². The van der Waals surface area contributed by atoms with Crippen LogP contribution in [-0.4, -0.2) is 28.6 Å². The van der Waals surface area contributed by atoms with E-state index >= 15 is 0 Å². The summed E-state index contributed by atoms with van der Waals surface area (Å²) in [5.74, 6) is 1.67. The lowest BCUT2D eigenvalue weighted by Gasteiger charge is -2.11. The van der Waals surface area contributed by atoms with E-state index in [1.165, 1.54) is 5.56 Å². The minimum Gasteiger partial charge on any atom is -0.492 e. The van der Waals surface area contributed by atoms with Crippen molar-refractivity contribution in [3.8, 4) is 5.75 Å². The Morgan fingerprint density at radius 2 is 1.93 bits per heavy atom. The fourth-order valence-electron chi connectivity index (χ4n) is 2.89. The van der Waals surface area contributed by atoms with Crippen LogP contribution in [0.4, 0.5) is 0 Å². The van der Waals surface area contributed by atoms with E-state index in [1.54, 1.807) is 6.92 Å². The van der Waals surface area contributed by atoms with Crippen LogP contribution in [-0.2, 0) is 17.8 Å². The lowest BCUT2D eigenvalue weighted by molar-refractivity contribution is -0.117. The molecule has 0 spiro atoms. The molecule has 2 aromatic carbocycles. The zero-order chi connectivity index (χ0) is 19.2. The maximum atomic E-state index is 11.7. The van der Waals surface area contributed by atoms with Crippen molar-refractivity contribution in [3.63, 3.8) is 0 Å². The topological polar surface area (TPSA) is 56.2 Å². The normalized spacial score (nSPS) is 10.7. The van der Waals surface area contributed by atoms with Crippen molar-refractivity contribution in [2.24, 2.45) is 0 Å². The Balaban J connectivity index is 1.69. The van der Waals surface area contributed by atoms with Gasteiger partial charge in [-0.25, -0.2) is 4.98 Å². The largest absolute Gasteiger partial charge is 0.492 e. The first-order valence-electron chi connectivity index (χ1n) is 9.12. The molecule has 3 aromatic rings. The van der Waals surface area contributed by atoms with Crippen LogP contribution in [0.25, 0.3) is 11.0 Å². The van der Waals surface area contributed by atoms with Crippen LogP contribution in [0.2, 0.25) is 0 Å². The van der Waals surface area contributed by atoms with Crippen LogP contribution in [0.3, 0.4) is 0 Å². The number of carbonyl (C=O) groups excluding carboxylic acids is 1. The molecule has 0 saturated carbocycles. The third-order valence-electron chi connectivity index (χ3n) is 4.36. The van der Waals surface area contributed by atoms with Crippen molar-refractivity contribution in [2.45, 2.75) is 26.8 Å². The molecule has 0 atom stereocenters. The number of carbonyl (C=O) groups is 1. The van der Waals surface area contributed by atoms with Gasteiger partial charge in [-0.1, -0.05) is 36.4 Å². The summed E-state index contributed by atoms with van der Waals surface area (Å²) in [6, 6.07) is 16.1. The predicted octanol–water partition coefficient (Wildman–Crippen LogP) is 3.66. The minimum atomic E-state index is -0.125. The van der Waals surface area contributed by atoms with Gasteiger partial charge < -0.3 is 14.6 Å². The summed E-state index contributed by atoms with van der Waals surface area (Å²) in [5, 5.41) is 2.87. The van der Waals surface area contributed by atoms with E-state index in [4.69, 9.17) is 9.72 Å². The van der Waals surface area contributed by atoms with Gasteiger partial charge in [-0.05, 0) is 38.1 Å². The molecule has 0 saturated heterocycles. The molecule has 0 radical (unpaired) electrons. The average Bonchev–Trinajstić information content (AvgIpc) is 3.01. The second kappa shape index (κ2) is 8.54. The first kappa shape index (κ1) is 18.7. The summed E-state index contributed by atoms with van der Waals surface area (Å²) < 4.78 is 8.05. The van der Waals surface area contributed by atoms with Gasteiger partial charge in [0.2, 0.25) is 5.91 Å². The third-order valence-corrected chi connectivity index (χ3v) is 4.36. The molecule has 140 valence electrons. The molecule has 1 N–H and O–H groups in total. The van der Waals surface area contributed by atoms with E-state index in [1.807, 2.05) is 42.5 Å². The van der Waals surface area contributed by atoms with E-state index in [2.05, 4.69) is 29.5 Å². The van der Waals surface area contributed by atoms with Crippen molar-refractivity contribution in [1.82, 2.24) is 14.9 Å². The monoisotopic (exact) mass is 363 g/mol. The van der Waals surface area contributed by atoms with Crippen molar-refractivity contribution in [3.05, 3.63) is 72.1 Å². The highest BCUT2D eigenvalue weighted by Crippen LogP contribution is 2.17. The standard InChI is InChI=1S/C22H25N3O2/c1-16(2)22(26)23-13-12-21-24-19-6-4-5-7-20(19)25(21)14-15-27-18-10-8-17(3)9-11-18/h4-11H,1,12-15H2,2-3H3,(H,23,26). The Hall–Kier alpha value is -3.08. The second-order valence-electron chi connectivity index (χ2n) is 6.62. The fraction of sp³-hybridized carbons (Fsp3) is 0.273. The number of imidazole rings is 1. The van der Waals surface area contributed by atoms with Gasteiger partial charge in [0, 0.05) is 18.5 Å².